The predicted molar refractivity (Wildman–Crippen MR) is 483 cm³/mol. The van der Waals surface area contributed by atoms with Crippen molar-refractivity contribution in [3.05, 3.63) is 276 Å². The summed E-state index contributed by atoms with van der Waals surface area (Å²) in [4.78, 5) is 4.88. The standard InChI is InChI=1S/C54H44N2O2S2.C50H58O2S2/c1-35-31-43(53(57)49(33-35)55-45-23-9-3-17-37(45)38-18-4-10-24-46(38)55)41-21-7-13-27-51(41)59-29-15-16-30-60-52-28-14-8-22-42(52)44-32-36(2)34-50(54(44)58)56-47-25-11-5-19-39(47)40-20-6-12-26-48(40)56;1-31-15-41(47(51)43(17-31)49-25-33-19-34(26-49)21-35(20-33)27-49)39-9-3-5-11-45(39)53-13-7-8-14-54-46-12-6-4-10-40(46)42-16-32(2)18-44(48(42)52)50-28-36-22-37(29-50)24-38(23-36)30-50/h3-14,17-28,31-34,57-58H,15-16,29-30H2,1-2H3;3-6,9-12,15-18,33-38,51-52H,7-8,13-14,19-30H2,1-2H3. The zero-order chi connectivity index (χ0) is 77.3. The van der Waals surface area contributed by atoms with Gasteiger partial charge in [0.25, 0.3) is 0 Å². The third-order valence-corrected chi connectivity index (χ3v) is 31.3. The number of phenolic OH excluding ortho intramolecular Hbond substituents is 4. The van der Waals surface area contributed by atoms with Gasteiger partial charge in [0.2, 0.25) is 0 Å². The molecule has 8 aliphatic carbocycles. The maximum absolute atomic E-state index is 12.1. The summed E-state index contributed by atoms with van der Waals surface area (Å²) in [6, 6.07) is 85.7. The fourth-order valence-corrected chi connectivity index (χ4v) is 27.0. The van der Waals surface area contributed by atoms with Crippen LogP contribution in [0.2, 0.25) is 0 Å². The van der Waals surface area contributed by atoms with Gasteiger partial charge in [0, 0.05) is 74.5 Å². The highest BCUT2D eigenvalue weighted by atomic mass is 32.2. The van der Waals surface area contributed by atoms with Crippen LogP contribution in [-0.4, -0.2) is 52.6 Å². The van der Waals surface area contributed by atoms with Crippen molar-refractivity contribution in [3.8, 4) is 78.9 Å². The van der Waals surface area contributed by atoms with Gasteiger partial charge in [-0.2, -0.15) is 0 Å². The maximum Gasteiger partial charge on any atom is 0.147 e. The number of phenols is 4. The highest BCUT2D eigenvalue weighted by Crippen LogP contribution is 2.65. The van der Waals surface area contributed by atoms with E-state index >= 15 is 0 Å². The quantitative estimate of drug-likeness (QED) is 0.0394. The molecular formula is C104H102N2O4S4. The Morgan fingerprint density at radius 2 is 0.500 bits per heavy atom. The average Bonchev–Trinajstić information content (AvgIpc) is 1.20. The van der Waals surface area contributed by atoms with Gasteiger partial charge >= 0.3 is 0 Å². The van der Waals surface area contributed by atoms with Gasteiger partial charge in [0.15, 0.2) is 0 Å². The fraction of sp³-hybridized carbons (Fsp3) is 0.308. The van der Waals surface area contributed by atoms with Crippen LogP contribution in [0.15, 0.2) is 262 Å². The highest BCUT2D eigenvalue weighted by molar-refractivity contribution is 8.00. The molecule has 0 spiro atoms. The van der Waals surface area contributed by atoms with Crippen molar-refractivity contribution < 1.29 is 20.4 Å². The molecule has 8 fully saturated rings. The minimum atomic E-state index is 0.173. The predicted octanol–water partition coefficient (Wildman–Crippen LogP) is 28.6. The van der Waals surface area contributed by atoms with Gasteiger partial charge in [-0.15, -0.1) is 47.0 Å². The van der Waals surface area contributed by atoms with Crippen LogP contribution in [0.4, 0.5) is 0 Å². The molecule has 2 heterocycles. The van der Waals surface area contributed by atoms with E-state index in [-0.39, 0.29) is 22.3 Å². The van der Waals surface area contributed by atoms with Gasteiger partial charge in [0.05, 0.1) is 33.4 Å². The van der Waals surface area contributed by atoms with E-state index in [9.17, 15) is 20.4 Å². The van der Waals surface area contributed by atoms with E-state index < -0.39 is 0 Å². The van der Waals surface area contributed by atoms with Crippen molar-refractivity contribution in [1.29, 1.82) is 0 Å². The monoisotopic (exact) mass is 1570 g/mol. The first-order valence-corrected chi connectivity index (χ1v) is 45.9. The summed E-state index contributed by atoms with van der Waals surface area (Å²) in [5.74, 6) is 10.8. The number of benzene rings is 12. The minimum absolute atomic E-state index is 0.173. The average molecular weight is 1570 g/mol. The van der Waals surface area contributed by atoms with Crippen LogP contribution < -0.4 is 0 Å². The summed E-state index contributed by atoms with van der Waals surface area (Å²) in [7, 11) is 0. The lowest BCUT2D eigenvalue weighted by Crippen LogP contribution is -2.48. The van der Waals surface area contributed by atoms with E-state index in [1.807, 2.05) is 47.0 Å². The lowest BCUT2D eigenvalue weighted by molar-refractivity contribution is -0.00627. The molecule has 576 valence electrons. The minimum Gasteiger partial charge on any atom is -0.507 e. The van der Waals surface area contributed by atoms with E-state index in [0.29, 0.717) is 11.5 Å². The lowest BCUT2D eigenvalue weighted by atomic mass is 9.48. The van der Waals surface area contributed by atoms with Crippen molar-refractivity contribution in [2.45, 2.75) is 161 Å². The molecule has 0 unspecified atom stereocenters. The Hall–Kier alpha value is -9.16. The van der Waals surface area contributed by atoms with Gasteiger partial charge in [-0.3, -0.25) is 0 Å². The SMILES string of the molecule is Cc1cc(-c2ccccc2SCCCCSc2ccccc2-c2cc(C)cc(-n3c4ccccc4c4ccccc43)c2O)c(O)c(-n2c3ccccc3c3ccccc32)c1.Cc1cc(-c2ccccc2SCCCCSc2ccccc2-c2cc(C)cc(C34CC5CC(CC(C5)C3)C4)c2O)c(O)c(C23CC4CC(CC(C4)C2)C3)c1. The van der Waals surface area contributed by atoms with E-state index in [4.69, 9.17) is 0 Å². The lowest BCUT2D eigenvalue weighted by Gasteiger charge is -2.57. The Balaban J connectivity index is 0.000000154. The van der Waals surface area contributed by atoms with Gasteiger partial charge in [-0.05, 0) is 329 Å². The first-order chi connectivity index (χ1) is 55.7. The number of hydrogen-bond donors (Lipinski definition) is 4. The Morgan fingerprint density at radius 1 is 0.272 bits per heavy atom. The smallest absolute Gasteiger partial charge is 0.147 e. The van der Waals surface area contributed by atoms with E-state index in [1.54, 1.807) is 0 Å². The van der Waals surface area contributed by atoms with Crippen LogP contribution in [0.1, 0.15) is 136 Å². The van der Waals surface area contributed by atoms with Crippen molar-refractivity contribution in [1.82, 2.24) is 9.13 Å². The molecule has 22 rings (SSSR count). The second-order valence-electron chi connectivity index (χ2n) is 34.7. The van der Waals surface area contributed by atoms with E-state index in [2.05, 4.69) is 279 Å². The Bertz CT molecular complexity index is 5460. The van der Waals surface area contributed by atoms with Crippen LogP contribution in [0.5, 0.6) is 23.0 Å². The topological polar surface area (TPSA) is 90.8 Å². The summed E-state index contributed by atoms with van der Waals surface area (Å²) in [5.41, 5.74) is 21.7. The Morgan fingerprint density at radius 3 is 0.772 bits per heavy atom. The molecule has 2 aromatic heterocycles. The highest BCUT2D eigenvalue weighted by Gasteiger charge is 2.54. The maximum atomic E-state index is 12.1. The molecule has 0 saturated heterocycles. The molecular weight excluding hydrogens is 1470 g/mol. The van der Waals surface area contributed by atoms with Crippen molar-refractivity contribution in [3.63, 3.8) is 0 Å². The molecule has 114 heavy (non-hydrogen) atoms. The first-order valence-electron chi connectivity index (χ1n) is 41.9. The number of aryl methyl sites for hydroxylation is 4. The number of fused-ring (bicyclic) bond motifs is 6. The van der Waals surface area contributed by atoms with Gasteiger partial charge in [-0.1, -0.05) is 158 Å². The second-order valence-corrected chi connectivity index (χ2v) is 39.3. The van der Waals surface area contributed by atoms with Gasteiger partial charge in [0.1, 0.15) is 23.0 Å². The third kappa shape index (κ3) is 14.1. The number of nitrogens with zero attached hydrogens (tertiary/aromatic N) is 2. The summed E-state index contributed by atoms with van der Waals surface area (Å²) < 4.78 is 4.40. The number of aromatic nitrogens is 2. The Kier molecular flexibility index (Phi) is 20.7. The molecule has 0 aliphatic heterocycles. The number of para-hydroxylation sites is 4. The van der Waals surface area contributed by atoms with Crippen LogP contribution >= 0.6 is 47.0 Å². The first kappa shape index (κ1) is 74.9. The molecule has 10 heteroatoms. The van der Waals surface area contributed by atoms with E-state index in [0.717, 1.165) is 162 Å². The van der Waals surface area contributed by atoms with Crippen LogP contribution in [0, 0.1) is 63.2 Å². The zero-order valence-electron chi connectivity index (χ0n) is 66.0. The zero-order valence-corrected chi connectivity index (χ0v) is 69.3. The molecule has 14 aromatic rings. The Labute approximate surface area is 689 Å². The summed E-state index contributed by atoms with van der Waals surface area (Å²) in [6.45, 7) is 8.66. The number of hydrogen-bond acceptors (Lipinski definition) is 8. The molecule has 8 aliphatic rings. The largest absolute Gasteiger partial charge is 0.507 e. The number of thioether (sulfide) groups is 4. The second kappa shape index (κ2) is 31.5. The molecule has 8 bridgehead atoms. The van der Waals surface area contributed by atoms with Crippen LogP contribution in [-0.2, 0) is 10.8 Å². The number of unbranched alkanes of at least 4 members (excludes halogenated alkanes) is 2. The normalized spacial score (nSPS) is 21.2. The molecule has 4 N–H and O–H groups in total. The summed E-state index contributed by atoms with van der Waals surface area (Å²) in [6.07, 6.45) is 20.5. The number of rotatable bonds is 22. The molecule has 0 amide bonds. The molecule has 0 atom stereocenters. The summed E-state index contributed by atoms with van der Waals surface area (Å²) >= 11 is 7.59. The fourth-order valence-electron chi connectivity index (χ4n) is 22.7. The molecule has 6 nitrogen and oxygen atoms in total. The third-order valence-electron chi connectivity index (χ3n) is 26.7. The van der Waals surface area contributed by atoms with E-state index in [1.165, 1.54) is 152 Å². The van der Waals surface area contributed by atoms with Gasteiger partial charge < -0.3 is 29.6 Å². The molecule has 0 radical (unpaired) electrons. The van der Waals surface area contributed by atoms with Gasteiger partial charge in [-0.25, -0.2) is 0 Å². The molecule has 8 saturated carbocycles. The van der Waals surface area contributed by atoms with Crippen LogP contribution in [0.3, 0.4) is 0 Å². The van der Waals surface area contributed by atoms with Crippen molar-refractivity contribution >= 4 is 90.7 Å². The molecule has 12 aromatic carbocycles. The van der Waals surface area contributed by atoms with Crippen molar-refractivity contribution in [2.24, 2.45) is 35.5 Å². The van der Waals surface area contributed by atoms with Crippen molar-refractivity contribution in [2.75, 3.05) is 23.0 Å². The summed E-state index contributed by atoms with van der Waals surface area (Å²) in [5, 5.41) is 52.9. The van der Waals surface area contributed by atoms with Crippen LogP contribution in [0.25, 0.3) is 99.5 Å². The number of aromatic hydroxyl groups is 4.